The lowest BCUT2D eigenvalue weighted by atomic mass is 10.2. The summed E-state index contributed by atoms with van der Waals surface area (Å²) in [4.78, 5) is 14.6. The number of carbonyl (C=O) groups is 1. The third-order valence-electron chi connectivity index (χ3n) is 3.62. The highest BCUT2D eigenvalue weighted by Gasteiger charge is 2.20. The standard InChI is InChI=1S/C17H27NO5/c1-7-18(8-2)11-12(3)23-17(19)13-9-14(20-4)16(22-6)15(10-13)21-5/h9-10,12H,7-8,11H2,1-6H3/t12-/m1/s1. The van der Waals surface area contributed by atoms with Crippen molar-refractivity contribution >= 4 is 5.97 Å². The smallest absolute Gasteiger partial charge is 0.338 e. The molecule has 0 bridgehead atoms. The molecule has 0 saturated carbocycles. The van der Waals surface area contributed by atoms with E-state index < -0.39 is 5.97 Å². The normalized spacial score (nSPS) is 12.0. The summed E-state index contributed by atoms with van der Waals surface area (Å²) in [7, 11) is 4.54. The molecule has 1 aromatic carbocycles. The Kier molecular flexibility index (Phi) is 7.68. The predicted octanol–water partition coefficient (Wildman–Crippen LogP) is 2.60. The Bertz CT molecular complexity index is 489. The summed E-state index contributed by atoms with van der Waals surface area (Å²) < 4.78 is 21.3. The van der Waals surface area contributed by atoms with Crippen LogP contribution in [0.5, 0.6) is 17.2 Å². The lowest BCUT2D eigenvalue weighted by Crippen LogP contribution is -2.33. The van der Waals surface area contributed by atoms with Gasteiger partial charge in [-0.2, -0.15) is 0 Å². The van der Waals surface area contributed by atoms with Crippen LogP contribution in [0.2, 0.25) is 0 Å². The number of methoxy groups -OCH3 is 3. The zero-order chi connectivity index (χ0) is 17.4. The third-order valence-corrected chi connectivity index (χ3v) is 3.62. The average Bonchev–Trinajstić information content (AvgIpc) is 2.57. The molecule has 0 radical (unpaired) electrons. The number of hydrogen-bond acceptors (Lipinski definition) is 6. The number of nitrogens with zero attached hydrogens (tertiary/aromatic N) is 1. The molecule has 0 aliphatic rings. The summed E-state index contributed by atoms with van der Waals surface area (Å²) in [6.07, 6.45) is -0.207. The van der Waals surface area contributed by atoms with Crippen molar-refractivity contribution in [2.45, 2.75) is 26.9 Å². The molecule has 130 valence electrons. The van der Waals surface area contributed by atoms with Crippen molar-refractivity contribution in [3.63, 3.8) is 0 Å². The largest absolute Gasteiger partial charge is 0.493 e. The number of esters is 1. The van der Waals surface area contributed by atoms with Crippen molar-refractivity contribution < 1.29 is 23.7 Å². The van der Waals surface area contributed by atoms with Crippen LogP contribution in [-0.4, -0.2) is 57.9 Å². The Morgan fingerprint density at radius 1 is 1.04 bits per heavy atom. The number of likely N-dealkylation sites (N-methyl/N-ethyl adjacent to an activating group) is 1. The molecule has 0 spiro atoms. The van der Waals surface area contributed by atoms with E-state index in [0.717, 1.165) is 13.1 Å². The summed E-state index contributed by atoms with van der Waals surface area (Å²) in [5.41, 5.74) is 0.367. The Hall–Kier alpha value is -1.95. The van der Waals surface area contributed by atoms with Gasteiger partial charge in [0.2, 0.25) is 5.75 Å². The summed E-state index contributed by atoms with van der Waals surface area (Å²) >= 11 is 0. The van der Waals surface area contributed by atoms with Crippen LogP contribution in [0.4, 0.5) is 0 Å². The fourth-order valence-electron chi connectivity index (χ4n) is 2.33. The SMILES string of the molecule is CCN(CC)C[C@@H](C)OC(=O)c1cc(OC)c(OC)c(OC)c1. The highest BCUT2D eigenvalue weighted by atomic mass is 16.5. The van der Waals surface area contributed by atoms with E-state index in [1.165, 1.54) is 21.3 Å². The molecule has 6 heteroatoms. The minimum atomic E-state index is -0.413. The van der Waals surface area contributed by atoms with E-state index in [4.69, 9.17) is 18.9 Å². The molecule has 0 aliphatic heterocycles. The summed E-state index contributed by atoms with van der Waals surface area (Å²) in [6, 6.07) is 3.18. The summed E-state index contributed by atoms with van der Waals surface area (Å²) in [5, 5.41) is 0. The molecule has 0 saturated heterocycles. The van der Waals surface area contributed by atoms with Crippen LogP contribution in [0, 0.1) is 0 Å². The molecule has 0 N–H and O–H groups in total. The molecule has 1 aromatic rings. The second kappa shape index (κ2) is 9.25. The topological polar surface area (TPSA) is 57.2 Å². The van der Waals surface area contributed by atoms with Gasteiger partial charge in [0.15, 0.2) is 11.5 Å². The summed E-state index contributed by atoms with van der Waals surface area (Å²) in [5.74, 6) is 0.886. The van der Waals surface area contributed by atoms with Crippen LogP contribution < -0.4 is 14.2 Å². The first kappa shape index (κ1) is 19.1. The van der Waals surface area contributed by atoms with Gasteiger partial charge in [-0.25, -0.2) is 4.79 Å². The molecule has 1 atom stereocenters. The van der Waals surface area contributed by atoms with Gasteiger partial charge in [-0.05, 0) is 32.1 Å². The molecule has 0 heterocycles. The second-order valence-corrected chi connectivity index (χ2v) is 5.12. The van der Waals surface area contributed by atoms with Gasteiger partial charge in [0.1, 0.15) is 6.10 Å². The predicted molar refractivity (Wildman–Crippen MR) is 88.8 cm³/mol. The van der Waals surface area contributed by atoms with Crippen LogP contribution in [-0.2, 0) is 4.74 Å². The molecule has 0 fully saturated rings. The quantitative estimate of drug-likeness (QED) is 0.651. The van der Waals surface area contributed by atoms with Crippen molar-refractivity contribution in [1.29, 1.82) is 0 Å². The number of hydrogen-bond donors (Lipinski definition) is 0. The maximum absolute atomic E-state index is 12.4. The van der Waals surface area contributed by atoms with E-state index in [1.807, 2.05) is 6.92 Å². The van der Waals surface area contributed by atoms with Gasteiger partial charge in [0, 0.05) is 6.54 Å². The average molecular weight is 325 g/mol. The molecule has 0 unspecified atom stereocenters. The zero-order valence-corrected chi connectivity index (χ0v) is 14.8. The fraction of sp³-hybridized carbons (Fsp3) is 0.588. The highest BCUT2D eigenvalue weighted by molar-refractivity contribution is 5.91. The molecular weight excluding hydrogens is 298 g/mol. The second-order valence-electron chi connectivity index (χ2n) is 5.12. The van der Waals surface area contributed by atoms with Crippen LogP contribution in [0.3, 0.4) is 0 Å². The molecule has 1 rings (SSSR count). The lowest BCUT2D eigenvalue weighted by Gasteiger charge is -2.23. The van der Waals surface area contributed by atoms with E-state index >= 15 is 0 Å². The van der Waals surface area contributed by atoms with Gasteiger partial charge >= 0.3 is 5.97 Å². The first-order chi connectivity index (χ1) is 11.0. The van der Waals surface area contributed by atoms with Crippen LogP contribution in [0.15, 0.2) is 12.1 Å². The van der Waals surface area contributed by atoms with Crippen LogP contribution in [0.25, 0.3) is 0 Å². The van der Waals surface area contributed by atoms with E-state index in [-0.39, 0.29) is 6.10 Å². The van der Waals surface area contributed by atoms with Crippen LogP contribution >= 0.6 is 0 Å². The van der Waals surface area contributed by atoms with Crippen molar-refractivity contribution in [1.82, 2.24) is 4.90 Å². The minimum absolute atomic E-state index is 0.207. The molecule has 0 amide bonds. The van der Waals surface area contributed by atoms with Crippen LogP contribution in [0.1, 0.15) is 31.1 Å². The third kappa shape index (κ3) is 5.03. The Labute approximate surface area is 138 Å². The van der Waals surface area contributed by atoms with E-state index in [1.54, 1.807) is 12.1 Å². The number of ether oxygens (including phenoxy) is 4. The number of benzene rings is 1. The van der Waals surface area contributed by atoms with Gasteiger partial charge in [-0.1, -0.05) is 13.8 Å². The maximum atomic E-state index is 12.4. The molecule has 23 heavy (non-hydrogen) atoms. The molecule has 0 aliphatic carbocycles. The Balaban J connectivity index is 2.91. The monoisotopic (exact) mass is 325 g/mol. The fourth-order valence-corrected chi connectivity index (χ4v) is 2.33. The van der Waals surface area contributed by atoms with Crippen molar-refractivity contribution in [3.05, 3.63) is 17.7 Å². The first-order valence-electron chi connectivity index (χ1n) is 7.73. The molecule has 0 aromatic heterocycles. The first-order valence-corrected chi connectivity index (χ1v) is 7.73. The highest BCUT2D eigenvalue weighted by Crippen LogP contribution is 2.38. The van der Waals surface area contributed by atoms with Crippen molar-refractivity contribution in [2.24, 2.45) is 0 Å². The Morgan fingerprint density at radius 3 is 1.96 bits per heavy atom. The van der Waals surface area contributed by atoms with Gasteiger partial charge < -0.3 is 23.8 Å². The zero-order valence-electron chi connectivity index (χ0n) is 14.8. The Morgan fingerprint density at radius 2 is 1.57 bits per heavy atom. The van der Waals surface area contributed by atoms with E-state index in [2.05, 4.69) is 18.7 Å². The lowest BCUT2D eigenvalue weighted by molar-refractivity contribution is 0.0260. The van der Waals surface area contributed by atoms with E-state index in [9.17, 15) is 4.79 Å². The van der Waals surface area contributed by atoms with Crippen molar-refractivity contribution in [2.75, 3.05) is 41.0 Å². The summed E-state index contributed by atoms with van der Waals surface area (Å²) in [6.45, 7) is 8.58. The molecule has 6 nitrogen and oxygen atoms in total. The van der Waals surface area contributed by atoms with Gasteiger partial charge in [-0.15, -0.1) is 0 Å². The van der Waals surface area contributed by atoms with Gasteiger partial charge in [0.05, 0.1) is 26.9 Å². The minimum Gasteiger partial charge on any atom is -0.493 e. The van der Waals surface area contributed by atoms with Gasteiger partial charge in [0.25, 0.3) is 0 Å². The van der Waals surface area contributed by atoms with E-state index in [0.29, 0.717) is 29.4 Å². The van der Waals surface area contributed by atoms with Crippen molar-refractivity contribution in [3.8, 4) is 17.2 Å². The van der Waals surface area contributed by atoms with Gasteiger partial charge in [-0.3, -0.25) is 0 Å². The number of rotatable bonds is 9. The molecular formula is C17H27NO5. The number of carbonyl (C=O) groups excluding carboxylic acids is 1. The maximum Gasteiger partial charge on any atom is 0.338 e.